The molecule has 0 aliphatic carbocycles. The molecule has 0 saturated carbocycles. The molecule has 5 heteroatoms. The Morgan fingerprint density at radius 2 is 2.05 bits per heavy atom. The number of rotatable bonds is 7. The van der Waals surface area contributed by atoms with Crippen molar-refractivity contribution in [3.8, 4) is 5.75 Å². The highest BCUT2D eigenvalue weighted by molar-refractivity contribution is 5.94. The van der Waals surface area contributed by atoms with Gasteiger partial charge in [0.25, 0.3) is 5.91 Å². The molecule has 0 spiro atoms. The number of carboxylic acid groups (broad SMARTS) is 1. The molecule has 1 unspecified atom stereocenters. The summed E-state index contributed by atoms with van der Waals surface area (Å²) in [7, 11) is 0. The van der Waals surface area contributed by atoms with Gasteiger partial charge in [0, 0.05) is 12.1 Å². The second kappa shape index (κ2) is 7.11. The van der Waals surface area contributed by atoms with Crippen LogP contribution >= 0.6 is 0 Å². The summed E-state index contributed by atoms with van der Waals surface area (Å²) >= 11 is 0. The molecule has 0 aromatic heterocycles. The Bertz CT molecular complexity index is 513. The van der Waals surface area contributed by atoms with Gasteiger partial charge in [-0.15, -0.1) is 0 Å². The van der Waals surface area contributed by atoms with E-state index in [1.54, 1.807) is 38.1 Å². The van der Waals surface area contributed by atoms with Crippen molar-refractivity contribution >= 4 is 11.9 Å². The number of benzene rings is 1. The van der Waals surface area contributed by atoms with Gasteiger partial charge in [0.05, 0.1) is 11.5 Å². The van der Waals surface area contributed by atoms with E-state index in [1.165, 1.54) is 0 Å². The van der Waals surface area contributed by atoms with Crippen LogP contribution in [0.2, 0.25) is 0 Å². The number of hydrogen-bond donors (Lipinski definition) is 2. The lowest BCUT2D eigenvalue weighted by atomic mass is 9.87. The van der Waals surface area contributed by atoms with E-state index in [4.69, 9.17) is 4.74 Å². The van der Waals surface area contributed by atoms with Crippen LogP contribution in [0.15, 0.2) is 24.3 Å². The number of nitrogens with one attached hydrogen (secondary N) is 1. The van der Waals surface area contributed by atoms with Gasteiger partial charge in [0.15, 0.2) is 0 Å². The second-order valence-corrected chi connectivity index (χ2v) is 5.60. The highest BCUT2D eigenvalue weighted by Gasteiger charge is 2.31. The topological polar surface area (TPSA) is 75.6 Å². The van der Waals surface area contributed by atoms with Crippen molar-refractivity contribution in [1.29, 1.82) is 0 Å². The van der Waals surface area contributed by atoms with Gasteiger partial charge in [0.2, 0.25) is 0 Å². The molecule has 0 radical (unpaired) electrons. The van der Waals surface area contributed by atoms with Crippen LogP contribution in [0.5, 0.6) is 5.75 Å². The van der Waals surface area contributed by atoms with Crippen molar-refractivity contribution in [3.63, 3.8) is 0 Å². The van der Waals surface area contributed by atoms with E-state index in [9.17, 15) is 14.7 Å². The van der Waals surface area contributed by atoms with Gasteiger partial charge in [-0.05, 0) is 45.4 Å². The van der Waals surface area contributed by atoms with Crippen LogP contribution in [0.1, 0.15) is 44.5 Å². The quantitative estimate of drug-likeness (QED) is 0.810. The number of carbonyl (C=O) groups is 2. The monoisotopic (exact) mass is 293 g/mol. The lowest BCUT2D eigenvalue weighted by molar-refractivity contribution is -0.147. The molecule has 1 amide bonds. The zero-order valence-electron chi connectivity index (χ0n) is 13.0. The third kappa shape index (κ3) is 4.77. The molecule has 1 aromatic rings. The van der Waals surface area contributed by atoms with Crippen molar-refractivity contribution in [3.05, 3.63) is 29.8 Å². The van der Waals surface area contributed by atoms with Crippen LogP contribution in [0.3, 0.4) is 0 Å². The smallest absolute Gasteiger partial charge is 0.311 e. The average Bonchev–Trinajstić information content (AvgIpc) is 2.43. The molecule has 0 heterocycles. The van der Waals surface area contributed by atoms with Gasteiger partial charge >= 0.3 is 5.97 Å². The third-order valence-electron chi connectivity index (χ3n) is 3.40. The summed E-state index contributed by atoms with van der Waals surface area (Å²) in [5, 5.41) is 11.9. The van der Waals surface area contributed by atoms with Gasteiger partial charge in [0.1, 0.15) is 5.75 Å². The van der Waals surface area contributed by atoms with Gasteiger partial charge in [-0.1, -0.05) is 13.0 Å². The van der Waals surface area contributed by atoms with Gasteiger partial charge in [-0.2, -0.15) is 0 Å². The standard InChI is InChI=1S/C16H23NO4/c1-5-16(4,15(19)20)10-17-14(18)12-7-6-8-13(9-12)21-11(2)3/h6-9,11H,5,10H2,1-4H3,(H,17,18)(H,19,20). The number of carbonyl (C=O) groups excluding carboxylic acids is 1. The van der Waals surface area contributed by atoms with E-state index in [0.29, 0.717) is 17.7 Å². The summed E-state index contributed by atoms with van der Waals surface area (Å²) < 4.78 is 5.54. The zero-order valence-corrected chi connectivity index (χ0v) is 13.0. The first-order valence-corrected chi connectivity index (χ1v) is 7.07. The van der Waals surface area contributed by atoms with E-state index >= 15 is 0 Å². The molecule has 0 bridgehead atoms. The summed E-state index contributed by atoms with van der Waals surface area (Å²) in [6.07, 6.45) is 0.470. The molecule has 0 fully saturated rings. The summed E-state index contributed by atoms with van der Waals surface area (Å²) in [5.41, 5.74) is -0.501. The van der Waals surface area contributed by atoms with Crippen molar-refractivity contribution < 1.29 is 19.4 Å². The van der Waals surface area contributed by atoms with Gasteiger partial charge in [-0.3, -0.25) is 9.59 Å². The normalized spacial score (nSPS) is 13.6. The summed E-state index contributed by atoms with van der Waals surface area (Å²) in [5.74, 6) is -0.596. The van der Waals surface area contributed by atoms with Gasteiger partial charge < -0.3 is 15.2 Å². The van der Waals surface area contributed by atoms with E-state index in [1.807, 2.05) is 13.8 Å². The minimum Gasteiger partial charge on any atom is -0.491 e. The fourth-order valence-corrected chi connectivity index (χ4v) is 1.71. The van der Waals surface area contributed by atoms with Crippen LogP contribution in [-0.4, -0.2) is 29.6 Å². The minimum absolute atomic E-state index is 0.0266. The van der Waals surface area contributed by atoms with E-state index in [-0.39, 0.29) is 18.6 Å². The van der Waals surface area contributed by atoms with E-state index in [2.05, 4.69) is 5.32 Å². The largest absolute Gasteiger partial charge is 0.491 e. The Balaban J connectivity index is 2.74. The van der Waals surface area contributed by atoms with Crippen LogP contribution in [0, 0.1) is 5.41 Å². The number of ether oxygens (including phenoxy) is 1. The summed E-state index contributed by atoms with van der Waals surface area (Å²) in [6, 6.07) is 6.85. The SMILES string of the molecule is CCC(C)(CNC(=O)c1cccc(OC(C)C)c1)C(=O)O. The maximum Gasteiger partial charge on any atom is 0.311 e. The Morgan fingerprint density at radius 3 is 2.57 bits per heavy atom. The molecule has 5 nitrogen and oxygen atoms in total. The first kappa shape index (κ1) is 17.0. The highest BCUT2D eigenvalue weighted by atomic mass is 16.5. The molecule has 0 aliphatic rings. The van der Waals surface area contributed by atoms with E-state index < -0.39 is 11.4 Å². The lowest BCUT2D eigenvalue weighted by Gasteiger charge is -2.23. The molecule has 0 saturated heterocycles. The fraction of sp³-hybridized carbons (Fsp3) is 0.500. The van der Waals surface area contributed by atoms with Crippen LogP contribution in [0.25, 0.3) is 0 Å². The Hall–Kier alpha value is -2.04. The summed E-state index contributed by atoms with van der Waals surface area (Å²) in [6.45, 7) is 7.32. The van der Waals surface area contributed by atoms with Crippen LogP contribution < -0.4 is 10.1 Å². The molecule has 0 aliphatic heterocycles. The van der Waals surface area contributed by atoms with Crippen molar-refractivity contribution in [1.82, 2.24) is 5.32 Å². The maximum atomic E-state index is 12.1. The van der Waals surface area contributed by atoms with E-state index in [0.717, 1.165) is 0 Å². The number of carboxylic acids is 1. The van der Waals surface area contributed by atoms with Gasteiger partial charge in [-0.25, -0.2) is 0 Å². The lowest BCUT2D eigenvalue weighted by Crippen LogP contribution is -2.40. The Kier molecular flexibility index (Phi) is 5.76. The Morgan fingerprint density at radius 1 is 1.38 bits per heavy atom. The predicted octanol–water partition coefficient (Wildman–Crippen LogP) is 2.70. The number of amides is 1. The predicted molar refractivity (Wildman–Crippen MR) is 80.6 cm³/mol. The van der Waals surface area contributed by atoms with Crippen LogP contribution in [-0.2, 0) is 4.79 Å². The molecule has 1 aromatic carbocycles. The zero-order chi connectivity index (χ0) is 16.0. The number of hydrogen-bond acceptors (Lipinski definition) is 3. The first-order chi connectivity index (χ1) is 9.78. The number of aliphatic carboxylic acids is 1. The molecule has 1 rings (SSSR count). The average molecular weight is 293 g/mol. The molecule has 21 heavy (non-hydrogen) atoms. The molecular weight excluding hydrogens is 270 g/mol. The molecule has 2 N–H and O–H groups in total. The maximum absolute atomic E-state index is 12.1. The second-order valence-electron chi connectivity index (χ2n) is 5.60. The third-order valence-corrected chi connectivity index (χ3v) is 3.40. The Labute approximate surface area is 125 Å². The molecular formula is C16H23NO4. The van der Waals surface area contributed by atoms with Crippen LogP contribution in [0.4, 0.5) is 0 Å². The molecule has 1 atom stereocenters. The fourth-order valence-electron chi connectivity index (χ4n) is 1.71. The highest BCUT2D eigenvalue weighted by Crippen LogP contribution is 2.20. The summed E-state index contributed by atoms with van der Waals surface area (Å²) in [4.78, 5) is 23.3. The minimum atomic E-state index is -0.957. The van der Waals surface area contributed by atoms with Crippen molar-refractivity contribution in [2.75, 3.05) is 6.54 Å². The van der Waals surface area contributed by atoms with Crippen molar-refractivity contribution in [2.45, 2.75) is 40.2 Å². The first-order valence-electron chi connectivity index (χ1n) is 7.07. The van der Waals surface area contributed by atoms with Crippen molar-refractivity contribution in [2.24, 2.45) is 5.41 Å². The molecule has 116 valence electrons.